The van der Waals surface area contributed by atoms with E-state index >= 15 is 0 Å². The van der Waals surface area contributed by atoms with E-state index in [2.05, 4.69) is 35.2 Å². The average molecular weight is 465 g/mol. The highest BCUT2D eigenvalue weighted by Gasteiger charge is 2.36. The Bertz CT molecular complexity index is 919. The van der Waals surface area contributed by atoms with E-state index in [1.165, 1.54) is 24.0 Å². The van der Waals surface area contributed by atoms with Crippen LogP contribution in [0.2, 0.25) is 0 Å². The van der Waals surface area contributed by atoms with Crippen LogP contribution < -0.4 is 9.47 Å². The number of likely N-dealkylation sites (tertiary alicyclic amines) is 1. The van der Waals surface area contributed by atoms with Crippen molar-refractivity contribution in [2.24, 2.45) is 5.41 Å². The fourth-order valence-electron chi connectivity index (χ4n) is 5.52. The predicted octanol–water partition coefficient (Wildman–Crippen LogP) is 5.32. The number of carbonyl (C=O) groups is 1. The Morgan fingerprint density at radius 1 is 0.941 bits per heavy atom. The number of nitrogens with zero attached hydrogens (tertiary/aromatic N) is 2. The lowest BCUT2D eigenvalue weighted by Crippen LogP contribution is -2.46. The molecule has 2 aromatic rings. The third-order valence-electron chi connectivity index (χ3n) is 7.65. The first-order valence-electron chi connectivity index (χ1n) is 12.9. The Morgan fingerprint density at radius 2 is 1.71 bits per heavy atom. The minimum absolute atomic E-state index is 0.223. The van der Waals surface area contributed by atoms with Gasteiger partial charge in [-0.05, 0) is 86.4 Å². The van der Waals surface area contributed by atoms with Crippen LogP contribution in [0.4, 0.5) is 0 Å². The summed E-state index contributed by atoms with van der Waals surface area (Å²) in [6.45, 7) is 4.63. The van der Waals surface area contributed by atoms with Crippen LogP contribution in [0, 0.1) is 5.41 Å². The molecule has 5 heteroatoms. The molecule has 0 atom stereocenters. The van der Waals surface area contributed by atoms with Crippen molar-refractivity contribution < 1.29 is 14.3 Å². The molecule has 0 saturated carbocycles. The zero-order chi connectivity index (χ0) is 23.8. The molecule has 5 nitrogen and oxygen atoms in total. The molecule has 1 spiro atoms. The first-order valence-corrected chi connectivity index (χ1v) is 12.9. The lowest BCUT2D eigenvalue weighted by molar-refractivity contribution is -0.132. The molecule has 34 heavy (non-hydrogen) atoms. The molecule has 0 radical (unpaired) electrons. The van der Waals surface area contributed by atoms with Crippen molar-refractivity contribution in [3.63, 3.8) is 0 Å². The fraction of sp³-hybridized carbons (Fsp3) is 0.552. The topological polar surface area (TPSA) is 42.0 Å². The quantitative estimate of drug-likeness (QED) is 0.616. The fourth-order valence-corrected chi connectivity index (χ4v) is 5.52. The van der Waals surface area contributed by atoms with Gasteiger partial charge in [0.15, 0.2) is 0 Å². The van der Waals surface area contributed by atoms with Gasteiger partial charge >= 0.3 is 0 Å². The average Bonchev–Trinajstić information content (AvgIpc) is 2.86. The minimum atomic E-state index is 0.223. The first kappa shape index (κ1) is 24.6. The van der Waals surface area contributed by atoms with Crippen molar-refractivity contribution in [3.8, 4) is 11.5 Å². The highest BCUT2D eigenvalue weighted by Crippen LogP contribution is 2.38. The van der Waals surface area contributed by atoms with Crippen LogP contribution in [0.1, 0.15) is 56.1 Å². The molecule has 0 N–H and O–H groups in total. The number of fused-ring (bicyclic) bond motifs is 1. The highest BCUT2D eigenvalue weighted by atomic mass is 16.5. The molecule has 4 rings (SSSR count). The number of ether oxygens (including phenoxy) is 2. The van der Waals surface area contributed by atoms with Crippen LogP contribution in [0.25, 0.3) is 0 Å². The van der Waals surface area contributed by atoms with Crippen LogP contribution in [-0.2, 0) is 17.8 Å². The largest absolute Gasteiger partial charge is 0.497 e. The summed E-state index contributed by atoms with van der Waals surface area (Å²) < 4.78 is 11.3. The van der Waals surface area contributed by atoms with Crippen LogP contribution in [-0.4, -0.2) is 56.1 Å². The Morgan fingerprint density at radius 3 is 2.47 bits per heavy atom. The van der Waals surface area contributed by atoms with Gasteiger partial charge < -0.3 is 14.4 Å². The standard InChI is InChI=1S/C29H40N2O3/c1-30-23-29(17-19-31(20-18-29)22-24-12-14-26(33-2)15-13-24)16-6-5-9-25-8-3-4-10-27(25)34-21-7-11-28(30)32/h3-4,8,10,12-15H,5-7,9,11,16-23H2,1-2H3. The van der Waals surface area contributed by atoms with Gasteiger partial charge in [-0.3, -0.25) is 9.69 Å². The number of benzene rings is 2. The Kier molecular flexibility index (Phi) is 8.49. The number of carbonyl (C=O) groups excluding carboxylic acids is 1. The van der Waals surface area contributed by atoms with E-state index < -0.39 is 0 Å². The van der Waals surface area contributed by atoms with Crippen molar-refractivity contribution in [3.05, 3.63) is 59.7 Å². The van der Waals surface area contributed by atoms with Crippen molar-refractivity contribution in [2.75, 3.05) is 40.4 Å². The second-order valence-electron chi connectivity index (χ2n) is 10.1. The predicted molar refractivity (Wildman–Crippen MR) is 136 cm³/mol. The van der Waals surface area contributed by atoms with Crippen molar-refractivity contribution in [1.82, 2.24) is 9.80 Å². The highest BCUT2D eigenvalue weighted by molar-refractivity contribution is 5.75. The maximum absolute atomic E-state index is 12.9. The number of piperidine rings is 1. The molecule has 0 aromatic heterocycles. The second kappa shape index (κ2) is 11.7. The van der Waals surface area contributed by atoms with Crippen LogP contribution in [0.3, 0.4) is 0 Å². The summed E-state index contributed by atoms with van der Waals surface area (Å²) in [4.78, 5) is 17.4. The van der Waals surface area contributed by atoms with E-state index in [4.69, 9.17) is 9.47 Å². The van der Waals surface area contributed by atoms with Crippen molar-refractivity contribution >= 4 is 5.91 Å². The molecule has 2 aromatic carbocycles. The third-order valence-corrected chi connectivity index (χ3v) is 7.65. The number of methoxy groups -OCH3 is 1. The number of para-hydroxylation sites is 1. The van der Waals surface area contributed by atoms with E-state index in [1.54, 1.807) is 7.11 Å². The number of amides is 1. The molecular formula is C29H40N2O3. The molecule has 1 fully saturated rings. The monoisotopic (exact) mass is 464 g/mol. The Hall–Kier alpha value is -2.53. The maximum atomic E-state index is 12.9. The van der Waals surface area contributed by atoms with Gasteiger partial charge in [0.2, 0.25) is 5.91 Å². The van der Waals surface area contributed by atoms with Gasteiger partial charge in [-0.2, -0.15) is 0 Å². The van der Waals surface area contributed by atoms with Crippen molar-refractivity contribution in [1.29, 1.82) is 0 Å². The van der Waals surface area contributed by atoms with Gasteiger partial charge in [0.1, 0.15) is 11.5 Å². The lowest BCUT2D eigenvalue weighted by Gasteiger charge is -2.44. The summed E-state index contributed by atoms with van der Waals surface area (Å²) in [7, 11) is 3.70. The lowest BCUT2D eigenvalue weighted by atomic mass is 9.73. The molecule has 2 aliphatic heterocycles. The van der Waals surface area contributed by atoms with Gasteiger partial charge in [0, 0.05) is 26.6 Å². The molecule has 184 valence electrons. The second-order valence-corrected chi connectivity index (χ2v) is 10.1. The Labute approximate surface area is 205 Å². The third kappa shape index (κ3) is 6.53. The van der Waals surface area contributed by atoms with E-state index in [0.717, 1.165) is 69.8 Å². The van der Waals surface area contributed by atoms with Gasteiger partial charge in [0.05, 0.1) is 13.7 Å². The summed E-state index contributed by atoms with van der Waals surface area (Å²) in [5.74, 6) is 2.14. The molecule has 1 saturated heterocycles. The normalized spacial score (nSPS) is 20.3. The number of hydrogen-bond acceptors (Lipinski definition) is 4. The van der Waals surface area contributed by atoms with Gasteiger partial charge in [0.25, 0.3) is 0 Å². The summed E-state index contributed by atoms with van der Waals surface area (Å²) in [5.41, 5.74) is 2.85. The van der Waals surface area contributed by atoms with Gasteiger partial charge in [-0.25, -0.2) is 0 Å². The maximum Gasteiger partial charge on any atom is 0.222 e. The summed E-state index contributed by atoms with van der Waals surface area (Å²) in [6.07, 6.45) is 8.22. The number of hydrogen-bond donors (Lipinski definition) is 0. The molecule has 1 amide bonds. The molecule has 2 heterocycles. The summed E-state index contributed by atoms with van der Waals surface area (Å²) in [6, 6.07) is 16.8. The van der Waals surface area contributed by atoms with E-state index in [0.29, 0.717) is 13.0 Å². The molecule has 0 bridgehead atoms. The Balaban J connectivity index is 1.40. The first-order chi connectivity index (χ1) is 16.6. The molecule has 0 unspecified atom stereocenters. The smallest absolute Gasteiger partial charge is 0.222 e. The number of aryl methyl sites for hydroxylation is 1. The summed E-state index contributed by atoms with van der Waals surface area (Å²) >= 11 is 0. The number of rotatable bonds is 3. The molecule has 2 aliphatic rings. The van der Waals surface area contributed by atoms with Crippen LogP contribution >= 0.6 is 0 Å². The van der Waals surface area contributed by atoms with Gasteiger partial charge in [-0.1, -0.05) is 36.8 Å². The van der Waals surface area contributed by atoms with Crippen molar-refractivity contribution in [2.45, 2.75) is 57.9 Å². The van der Waals surface area contributed by atoms with Gasteiger partial charge in [-0.15, -0.1) is 0 Å². The zero-order valence-corrected chi connectivity index (χ0v) is 20.9. The molecular weight excluding hydrogens is 424 g/mol. The zero-order valence-electron chi connectivity index (χ0n) is 20.9. The van der Waals surface area contributed by atoms with E-state index in [1.807, 2.05) is 30.1 Å². The van der Waals surface area contributed by atoms with E-state index in [9.17, 15) is 4.79 Å². The summed E-state index contributed by atoms with van der Waals surface area (Å²) in [5, 5.41) is 0. The van der Waals surface area contributed by atoms with Crippen LogP contribution in [0.5, 0.6) is 11.5 Å². The van der Waals surface area contributed by atoms with E-state index in [-0.39, 0.29) is 11.3 Å². The van der Waals surface area contributed by atoms with Crippen LogP contribution in [0.15, 0.2) is 48.5 Å². The SMILES string of the molecule is COc1ccc(CN2CCC3(CCCCc4ccccc4OCCCC(=O)N(C)C3)CC2)cc1. The minimum Gasteiger partial charge on any atom is -0.497 e. The molecule has 0 aliphatic carbocycles.